The molecule has 3 nitrogen and oxygen atoms in total. The first-order valence-corrected chi connectivity index (χ1v) is 7.46. The number of hydrogen-bond acceptors (Lipinski definition) is 4. The van der Waals surface area contributed by atoms with E-state index in [1.807, 2.05) is 30.0 Å². The number of ether oxygens (including phenoxy) is 2. The second kappa shape index (κ2) is 6.34. The lowest BCUT2D eigenvalue weighted by molar-refractivity contribution is 0.190. The fourth-order valence-corrected chi connectivity index (χ4v) is 3.06. The van der Waals surface area contributed by atoms with Gasteiger partial charge in [0.15, 0.2) is 11.5 Å². The first-order chi connectivity index (χ1) is 8.70. The van der Waals surface area contributed by atoms with Crippen molar-refractivity contribution in [2.75, 3.05) is 18.6 Å². The van der Waals surface area contributed by atoms with Crippen LogP contribution in [0, 0.1) is 0 Å². The number of aliphatic hydroxyl groups is 1. The lowest BCUT2D eigenvalue weighted by Gasteiger charge is -2.24. The maximum atomic E-state index is 9.62. The Morgan fingerprint density at radius 3 is 2.83 bits per heavy atom. The van der Waals surface area contributed by atoms with Gasteiger partial charge in [0.1, 0.15) is 6.10 Å². The highest BCUT2D eigenvalue weighted by atomic mass is 32.2. The van der Waals surface area contributed by atoms with E-state index in [1.165, 1.54) is 12.2 Å². The lowest BCUT2D eigenvalue weighted by Crippen LogP contribution is -2.23. The molecule has 0 amide bonds. The minimum atomic E-state index is -0.487. The van der Waals surface area contributed by atoms with Crippen molar-refractivity contribution in [3.8, 4) is 11.5 Å². The van der Waals surface area contributed by atoms with Crippen molar-refractivity contribution >= 4 is 11.8 Å². The molecule has 0 bridgehead atoms. The molecule has 1 aliphatic rings. The molecule has 1 aromatic rings. The predicted molar refractivity (Wildman–Crippen MR) is 74.6 cm³/mol. The molecule has 0 aliphatic carbocycles. The molecule has 1 heterocycles. The van der Waals surface area contributed by atoms with E-state index in [2.05, 4.69) is 0 Å². The van der Waals surface area contributed by atoms with E-state index in [4.69, 9.17) is 9.47 Å². The number of thioether (sulfide) groups is 1. The standard InChI is InChI=1S/C14H20O3S/c1-10(15)11-5-6-13(16-2)14(8-11)17-12-4-3-7-18-9-12/h5-6,8,10,12,15H,3-4,7,9H2,1-2H3. The van der Waals surface area contributed by atoms with E-state index in [9.17, 15) is 5.11 Å². The normalized spacial score (nSPS) is 21.4. The number of hydrogen-bond donors (Lipinski definition) is 1. The Bertz CT molecular complexity index is 387. The topological polar surface area (TPSA) is 38.7 Å². The van der Waals surface area contributed by atoms with Crippen LogP contribution in [0.5, 0.6) is 11.5 Å². The van der Waals surface area contributed by atoms with Crippen LogP contribution in [0.1, 0.15) is 31.4 Å². The SMILES string of the molecule is COc1ccc(C(C)O)cc1OC1CCCSC1. The summed E-state index contributed by atoms with van der Waals surface area (Å²) in [6, 6.07) is 5.60. The molecule has 2 rings (SSSR count). The summed E-state index contributed by atoms with van der Waals surface area (Å²) in [6.45, 7) is 1.75. The fourth-order valence-electron chi connectivity index (χ4n) is 2.03. The zero-order chi connectivity index (χ0) is 13.0. The summed E-state index contributed by atoms with van der Waals surface area (Å²) in [5.74, 6) is 3.73. The maximum Gasteiger partial charge on any atom is 0.161 e. The summed E-state index contributed by atoms with van der Waals surface area (Å²) >= 11 is 1.93. The molecule has 1 fully saturated rings. The molecule has 2 unspecified atom stereocenters. The van der Waals surface area contributed by atoms with Crippen molar-refractivity contribution in [3.05, 3.63) is 23.8 Å². The minimum Gasteiger partial charge on any atom is -0.493 e. The van der Waals surface area contributed by atoms with Gasteiger partial charge in [0.05, 0.1) is 13.2 Å². The number of benzene rings is 1. The summed E-state index contributed by atoms with van der Waals surface area (Å²) in [4.78, 5) is 0. The molecule has 18 heavy (non-hydrogen) atoms. The Morgan fingerprint density at radius 2 is 2.22 bits per heavy atom. The van der Waals surface area contributed by atoms with Crippen molar-refractivity contribution in [1.82, 2.24) is 0 Å². The molecule has 1 saturated heterocycles. The van der Waals surface area contributed by atoms with Gasteiger partial charge in [-0.2, -0.15) is 11.8 Å². The first kappa shape index (κ1) is 13.6. The van der Waals surface area contributed by atoms with Crippen LogP contribution < -0.4 is 9.47 Å². The third kappa shape index (κ3) is 3.33. The molecule has 1 N–H and O–H groups in total. The minimum absolute atomic E-state index is 0.252. The third-order valence-corrected chi connectivity index (χ3v) is 4.27. The average Bonchev–Trinajstić information content (AvgIpc) is 2.39. The van der Waals surface area contributed by atoms with Gasteiger partial charge >= 0.3 is 0 Å². The molecule has 4 heteroatoms. The van der Waals surface area contributed by atoms with Crippen LogP contribution in [0.4, 0.5) is 0 Å². The van der Waals surface area contributed by atoms with Crippen molar-refractivity contribution < 1.29 is 14.6 Å². The summed E-state index contributed by atoms with van der Waals surface area (Å²) in [6.07, 6.45) is 2.06. The Kier molecular flexibility index (Phi) is 4.78. The van der Waals surface area contributed by atoms with E-state index >= 15 is 0 Å². The van der Waals surface area contributed by atoms with Crippen molar-refractivity contribution in [3.63, 3.8) is 0 Å². The van der Waals surface area contributed by atoms with E-state index in [0.717, 1.165) is 29.2 Å². The van der Waals surface area contributed by atoms with E-state index in [-0.39, 0.29) is 6.10 Å². The number of methoxy groups -OCH3 is 1. The molecule has 0 radical (unpaired) electrons. The molecule has 0 saturated carbocycles. The van der Waals surface area contributed by atoms with Gasteiger partial charge in [0.25, 0.3) is 0 Å². The second-order valence-corrected chi connectivity index (χ2v) is 5.69. The van der Waals surface area contributed by atoms with Crippen LogP contribution >= 0.6 is 11.8 Å². The molecule has 1 aliphatic heterocycles. The van der Waals surface area contributed by atoms with Crippen LogP contribution in [0.2, 0.25) is 0 Å². The first-order valence-electron chi connectivity index (χ1n) is 6.31. The van der Waals surface area contributed by atoms with Gasteiger partial charge in [-0.05, 0) is 43.2 Å². The molecule has 100 valence electrons. The fraction of sp³-hybridized carbons (Fsp3) is 0.571. The highest BCUT2D eigenvalue weighted by Gasteiger charge is 2.18. The molecule has 0 aromatic heterocycles. The van der Waals surface area contributed by atoms with Crippen LogP contribution in [0.15, 0.2) is 18.2 Å². The van der Waals surface area contributed by atoms with Gasteiger partial charge < -0.3 is 14.6 Å². The van der Waals surface area contributed by atoms with Crippen LogP contribution in [0.3, 0.4) is 0 Å². The number of aliphatic hydroxyl groups excluding tert-OH is 1. The van der Waals surface area contributed by atoms with Gasteiger partial charge in [-0.25, -0.2) is 0 Å². The number of rotatable bonds is 4. The summed E-state index contributed by atoms with van der Waals surface area (Å²) in [5.41, 5.74) is 0.856. The molecule has 0 spiro atoms. The monoisotopic (exact) mass is 268 g/mol. The molecule has 1 aromatic carbocycles. The van der Waals surface area contributed by atoms with Crippen molar-refractivity contribution in [2.24, 2.45) is 0 Å². The Labute approximate surface area is 112 Å². The lowest BCUT2D eigenvalue weighted by atomic mass is 10.1. The maximum absolute atomic E-state index is 9.62. The molecule has 2 atom stereocenters. The van der Waals surface area contributed by atoms with Gasteiger partial charge in [0.2, 0.25) is 0 Å². The zero-order valence-corrected chi connectivity index (χ0v) is 11.7. The predicted octanol–water partition coefficient (Wildman–Crippen LogP) is 3.02. The van der Waals surface area contributed by atoms with Crippen molar-refractivity contribution in [2.45, 2.75) is 32.0 Å². The van der Waals surface area contributed by atoms with Crippen LogP contribution in [0.25, 0.3) is 0 Å². The van der Waals surface area contributed by atoms with Gasteiger partial charge in [-0.3, -0.25) is 0 Å². The summed E-state index contributed by atoms with van der Waals surface area (Å²) in [5, 5.41) is 9.62. The molecular formula is C14H20O3S. The van der Waals surface area contributed by atoms with E-state index in [0.29, 0.717) is 0 Å². The Hall–Kier alpha value is -0.870. The third-order valence-electron chi connectivity index (χ3n) is 3.08. The highest BCUT2D eigenvalue weighted by Crippen LogP contribution is 2.33. The van der Waals surface area contributed by atoms with E-state index < -0.39 is 6.10 Å². The van der Waals surface area contributed by atoms with Crippen LogP contribution in [-0.2, 0) is 0 Å². The second-order valence-electron chi connectivity index (χ2n) is 4.54. The van der Waals surface area contributed by atoms with Crippen molar-refractivity contribution in [1.29, 1.82) is 0 Å². The van der Waals surface area contributed by atoms with Crippen LogP contribution in [-0.4, -0.2) is 29.8 Å². The molecular weight excluding hydrogens is 248 g/mol. The van der Waals surface area contributed by atoms with Gasteiger partial charge in [0, 0.05) is 5.75 Å². The highest BCUT2D eigenvalue weighted by molar-refractivity contribution is 7.99. The quantitative estimate of drug-likeness (QED) is 0.911. The zero-order valence-electron chi connectivity index (χ0n) is 10.9. The largest absolute Gasteiger partial charge is 0.493 e. The average molecular weight is 268 g/mol. The van der Waals surface area contributed by atoms with Gasteiger partial charge in [-0.1, -0.05) is 6.07 Å². The van der Waals surface area contributed by atoms with Gasteiger partial charge in [-0.15, -0.1) is 0 Å². The summed E-state index contributed by atoms with van der Waals surface area (Å²) in [7, 11) is 1.64. The Balaban J connectivity index is 2.15. The van der Waals surface area contributed by atoms with E-state index in [1.54, 1.807) is 14.0 Å². The smallest absolute Gasteiger partial charge is 0.161 e. The Morgan fingerprint density at radius 1 is 1.39 bits per heavy atom. The summed E-state index contributed by atoms with van der Waals surface area (Å²) < 4.78 is 11.3.